The van der Waals surface area contributed by atoms with E-state index in [1.165, 1.54) is 7.11 Å². The number of methoxy groups -OCH3 is 1. The second-order valence-corrected chi connectivity index (χ2v) is 8.03. The van der Waals surface area contributed by atoms with Gasteiger partial charge in [0.05, 0.1) is 7.11 Å². The average molecular weight is 416 g/mol. The van der Waals surface area contributed by atoms with Crippen LogP contribution in [0.5, 0.6) is 0 Å². The van der Waals surface area contributed by atoms with Gasteiger partial charge in [-0.3, -0.25) is 4.79 Å². The van der Waals surface area contributed by atoms with Crippen molar-refractivity contribution >= 4 is 11.9 Å². The first-order valence-electron chi connectivity index (χ1n) is 10.6. The maximum atomic E-state index is 14.2. The molecule has 3 aromatic carbocycles. The first kappa shape index (κ1) is 22.3. The standard InChI is InChI=1S/C27H29NO3/c1-20(2)19-24(25(29)31-3)28-26(30)27(21-13-7-4-8-14-21,22-15-9-5-10-16-22)23-17-11-6-12-18-23/h4-18,20,24H,19H2,1-3H3,(H,28,30)/t24-/m0/s1. The molecular weight excluding hydrogens is 386 g/mol. The van der Waals surface area contributed by atoms with Crippen molar-refractivity contribution in [3.8, 4) is 0 Å². The lowest BCUT2D eigenvalue weighted by Gasteiger charge is -2.35. The average Bonchev–Trinajstić information content (AvgIpc) is 2.80. The summed E-state index contributed by atoms with van der Waals surface area (Å²) in [4.78, 5) is 26.6. The summed E-state index contributed by atoms with van der Waals surface area (Å²) in [6.07, 6.45) is 0.493. The first-order chi connectivity index (χ1) is 15.0. The monoisotopic (exact) mass is 415 g/mol. The molecule has 0 aliphatic heterocycles. The number of nitrogens with one attached hydrogen (secondary N) is 1. The van der Waals surface area contributed by atoms with Crippen molar-refractivity contribution in [2.45, 2.75) is 31.7 Å². The number of carbonyl (C=O) groups is 2. The van der Waals surface area contributed by atoms with Gasteiger partial charge < -0.3 is 10.1 Å². The van der Waals surface area contributed by atoms with E-state index in [1.54, 1.807) is 0 Å². The molecule has 0 spiro atoms. The van der Waals surface area contributed by atoms with Gasteiger partial charge in [0.15, 0.2) is 0 Å². The van der Waals surface area contributed by atoms with Crippen LogP contribution in [0.4, 0.5) is 0 Å². The van der Waals surface area contributed by atoms with Gasteiger partial charge in [0.2, 0.25) is 5.91 Å². The minimum atomic E-state index is -1.12. The van der Waals surface area contributed by atoms with E-state index < -0.39 is 17.4 Å². The molecule has 0 saturated heterocycles. The molecular formula is C27H29NO3. The number of ether oxygens (including phenoxy) is 1. The van der Waals surface area contributed by atoms with Crippen molar-refractivity contribution in [2.75, 3.05) is 7.11 Å². The highest BCUT2D eigenvalue weighted by atomic mass is 16.5. The third kappa shape index (κ3) is 4.69. The van der Waals surface area contributed by atoms with Crippen LogP contribution >= 0.6 is 0 Å². The first-order valence-corrected chi connectivity index (χ1v) is 10.6. The SMILES string of the molecule is COC(=O)[C@H](CC(C)C)NC(=O)C(c1ccccc1)(c1ccccc1)c1ccccc1. The lowest BCUT2D eigenvalue weighted by molar-refractivity contribution is -0.146. The maximum absolute atomic E-state index is 14.2. The number of benzene rings is 3. The number of rotatable bonds is 8. The van der Waals surface area contributed by atoms with Crippen LogP contribution in [-0.4, -0.2) is 25.0 Å². The molecule has 0 bridgehead atoms. The van der Waals surface area contributed by atoms with Crippen molar-refractivity contribution in [1.82, 2.24) is 5.32 Å². The summed E-state index contributed by atoms with van der Waals surface area (Å²) >= 11 is 0. The minimum Gasteiger partial charge on any atom is -0.467 e. The molecule has 4 nitrogen and oxygen atoms in total. The Labute approximate surface area is 184 Å². The molecule has 0 radical (unpaired) electrons. The number of amides is 1. The van der Waals surface area contributed by atoms with Gasteiger partial charge in [-0.1, -0.05) is 105 Å². The fraction of sp³-hybridized carbons (Fsp3) is 0.259. The highest BCUT2D eigenvalue weighted by Gasteiger charge is 2.45. The molecule has 0 unspecified atom stereocenters. The van der Waals surface area contributed by atoms with Crippen LogP contribution in [0.25, 0.3) is 0 Å². The van der Waals surface area contributed by atoms with E-state index in [4.69, 9.17) is 4.74 Å². The van der Waals surface area contributed by atoms with E-state index in [0.29, 0.717) is 6.42 Å². The molecule has 0 fully saturated rings. The molecule has 160 valence electrons. The van der Waals surface area contributed by atoms with Crippen molar-refractivity contribution in [1.29, 1.82) is 0 Å². The predicted octanol–water partition coefficient (Wildman–Crippen LogP) is 4.72. The molecule has 0 aliphatic rings. The Bertz CT molecular complexity index is 888. The number of hydrogen-bond acceptors (Lipinski definition) is 3. The maximum Gasteiger partial charge on any atom is 0.328 e. The van der Waals surface area contributed by atoms with Crippen LogP contribution in [0, 0.1) is 5.92 Å². The molecule has 31 heavy (non-hydrogen) atoms. The van der Waals surface area contributed by atoms with Gasteiger partial charge in [0.1, 0.15) is 11.5 Å². The Morgan fingerprint density at radius 2 is 1.16 bits per heavy atom. The molecule has 1 N–H and O–H groups in total. The summed E-state index contributed by atoms with van der Waals surface area (Å²) < 4.78 is 4.99. The number of esters is 1. The smallest absolute Gasteiger partial charge is 0.328 e. The molecule has 3 aromatic rings. The van der Waals surface area contributed by atoms with Crippen LogP contribution in [0.3, 0.4) is 0 Å². The quantitative estimate of drug-likeness (QED) is 0.428. The molecule has 0 saturated carbocycles. The second kappa shape index (κ2) is 10.1. The normalized spacial score (nSPS) is 12.3. The zero-order chi connectivity index (χ0) is 22.3. The Morgan fingerprint density at radius 1 is 0.774 bits per heavy atom. The van der Waals surface area contributed by atoms with E-state index in [-0.39, 0.29) is 11.8 Å². The summed E-state index contributed by atoms with van der Waals surface area (Å²) in [6, 6.07) is 28.3. The van der Waals surface area contributed by atoms with E-state index in [1.807, 2.05) is 105 Å². The third-order valence-electron chi connectivity index (χ3n) is 5.46. The van der Waals surface area contributed by atoms with Crippen molar-refractivity contribution in [2.24, 2.45) is 5.92 Å². The lowest BCUT2D eigenvalue weighted by Crippen LogP contribution is -2.52. The summed E-state index contributed by atoms with van der Waals surface area (Å²) in [5, 5.41) is 3.02. The van der Waals surface area contributed by atoms with Crippen molar-refractivity contribution in [3.05, 3.63) is 108 Å². The van der Waals surface area contributed by atoms with Crippen LogP contribution in [0.15, 0.2) is 91.0 Å². The summed E-state index contributed by atoms with van der Waals surface area (Å²) in [5.41, 5.74) is 1.38. The van der Waals surface area contributed by atoms with Crippen LogP contribution in [0.2, 0.25) is 0 Å². The lowest BCUT2D eigenvalue weighted by atomic mass is 9.68. The summed E-state index contributed by atoms with van der Waals surface area (Å²) in [7, 11) is 1.35. The fourth-order valence-corrected chi connectivity index (χ4v) is 4.05. The minimum absolute atomic E-state index is 0.212. The molecule has 1 atom stereocenters. The Kier molecular flexibility index (Phi) is 7.24. The highest BCUT2D eigenvalue weighted by molar-refractivity contribution is 5.98. The summed E-state index contributed by atoms with van der Waals surface area (Å²) in [6.45, 7) is 4.03. The van der Waals surface area contributed by atoms with Crippen LogP contribution in [0.1, 0.15) is 37.0 Å². The number of hydrogen-bond donors (Lipinski definition) is 1. The van der Waals surface area contributed by atoms with E-state index in [2.05, 4.69) is 5.32 Å². The van der Waals surface area contributed by atoms with Gasteiger partial charge in [0.25, 0.3) is 0 Å². The fourth-order valence-electron chi connectivity index (χ4n) is 4.05. The molecule has 4 heteroatoms. The van der Waals surface area contributed by atoms with Crippen LogP contribution < -0.4 is 5.32 Å². The molecule has 0 aliphatic carbocycles. The van der Waals surface area contributed by atoms with Crippen LogP contribution in [-0.2, 0) is 19.7 Å². The van der Waals surface area contributed by atoms with Gasteiger partial charge in [-0.2, -0.15) is 0 Å². The van der Waals surface area contributed by atoms with Gasteiger partial charge in [0, 0.05) is 0 Å². The van der Waals surface area contributed by atoms with Crippen molar-refractivity contribution in [3.63, 3.8) is 0 Å². The van der Waals surface area contributed by atoms with Gasteiger partial charge in [-0.25, -0.2) is 4.79 Å². The second-order valence-electron chi connectivity index (χ2n) is 8.03. The molecule has 1 amide bonds. The highest BCUT2D eigenvalue weighted by Crippen LogP contribution is 2.39. The van der Waals surface area contributed by atoms with E-state index in [9.17, 15) is 9.59 Å². The predicted molar refractivity (Wildman–Crippen MR) is 123 cm³/mol. The van der Waals surface area contributed by atoms with E-state index >= 15 is 0 Å². The zero-order valence-electron chi connectivity index (χ0n) is 18.2. The van der Waals surface area contributed by atoms with Gasteiger partial charge in [-0.05, 0) is 29.0 Å². The van der Waals surface area contributed by atoms with Crippen molar-refractivity contribution < 1.29 is 14.3 Å². The van der Waals surface area contributed by atoms with Gasteiger partial charge >= 0.3 is 5.97 Å². The Hall–Kier alpha value is -3.40. The largest absolute Gasteiger partial charge is 0.467 e. The molecule has 0 heterocycles. The van der Waals surface area contributed by atoms with Gasteiger partial charge in [-0.15, -0.1) is 0 Å². The zero-order valence-corrected chi connectivity index (χ0v) is 18.2. The molecule has 0 aromatic heterocycles. The number of carbonyl (C=O) groups excluding carboxylic acids is 2. The topological polar surface area (TPSA) is 55.4 Å². The molecule has 3 rings (SSSR count). The third-order valence-corrected chi connectivity index (χ3v) is 5.46. The Balaban J connectivity index is 2.22. The van der Waals surface area contributed by atoms with E-state index in [0.717, 1.165) is 16.7 Å². The summed E-state index contributed by atoms with van der Waals surface area (Å²) in [5.74, 6) is -0.485. The Morgan fingerprint density at radius 3 is 1.48 bits per heavy atom.